The third-order valence-electron chi connectivity index (χ3n) is 5.11. The number of para-hydroxylation sites is 1. The molecule has 1 aliphatic rings. The van der Waals surface area contributed by atoms with Crippen molar-refractivity contribution in [3.8, 4) is 0 Å². The Morgan fingerprint density at radius 3 is 2.86 bits per heavy atom. The van der Waals surface area contributed by atoms with Crippen molar-refractivity contribution in [2.45, 2.75) is 25.8 Å². The molecule has 142 valence electrons. The fourth-order valence-electron chi connectivity index (χ4n) is 3.65. The van der Waals surface area contributed by atoms with Crippen LogP contribution >= 0.6 is 0 Å². The van der Waals surface area contributed by atoms with Crippen molar-refractivity contribution in [2.24, 2.45) is 5.92 Å². The molecule has 28 heavy (non-hydrogen) atoms. The first-order valence-corrected chi connectivity index (χ1v) is 9.57. The number of hydrogen-bond acceptors (Lipinski definition) is 4. The Kier molecular flexibility index (Phi) is 5.33. The molecular formula is C23H22N2O3. The molecule has 1 atom stereocenters. The zero-order valence-electron chi connectivity index (χ0n) is 15.6. The van der Waals surface area contributed by atoms with E-state index in [2.05, 4.69) is 17.1 Å². The highest BCUT2D eigenvalue weighted by Crippen LogP contribution is 2.22. The second kappa shape index (κ2) is 8.21. The number of pyridine rings is 1. The lowest BCUT2D eigenvalue weighted by atomic mass is 9.93. The van der Waals surface area contributed by atoms with Crippen molar-refractivity contribution < 1.29 is 9.21 Å². The third-order valence-corrected chi connectivity index (χ3v) is 5.11. The van der Waals surface area contributed by atoms with Crippen LogP contribution in [0.25, 0.3) is 11.0 Å². The van der Waals surface area contributed by atoms with Gasteiger partial charge in [0.2, 0.25) is 0 Å². The molecule has 1 aliphatic carbocycles. The smallest absolute Gasteiger partial charge is 0.349 e. The van der Waals surface area contributed by atoms with Gasteiger partial charge in [-0.05, 0) is 48.9 Å². The number of fused-ring (bicyclic) bond motifs is 1. The zero-order valence-corrected chi connectivity index (χ0v) is 15.6. The van der Waals surface area contributed by atoms with Gasteiger partial charge in [0, 0.05) is 30.9 Å². The van der Waals surface area contributed by atoms with Crippen molar-refractivity contribution in [3.63, 3.8) is 0 Å². The van der Waals surface area contributed by atoms with Gasteiger partial charge in [-0.1, -0.05) is 36.4 Å². The standard InChI is InChI=1S/C23H22N2O3/c26-22(20-13-19-10-4-5-11-21(19)28-23(20)27)25(15-17-7-2-1-3-8-17)16-18-9-6-12-24-14-18/h1-2,4-6,9-14,17H,3,7-8,15-16H2/t17-/m1/s1. The van der Waals surface area contributed by atoms with Crippen LogP contribution in [0.15, 0.2) is 76.2 Å². The molecule has 0 saturated heterocycles. The second-order valence-corrected chi connectivity index (χ2v) is 7.18. The molecule has 0 aliphatic heterocycles. The summed E-state index contributed by atoms with van der Waals surface area (Å²) in [6.07, 6.45) is 10.8. The fourth-order valence-corrected chi connectivity index (χ4v) is 3.65. The summed E-state index contributed by atoms with van der Waals surface area (Å²) < 4.78 is 5.38. The van der Waals surface area contributed by atoms with Crippen molar-refractivity contribution in [1.82, 2.24) is 9.88 Å². The molecular weight excluding hydrogens is 352 g/mol. The monoisotopic (exact) mass is 374 g/mol. The molecule has 0 N–H and O–H groups in total. The molecule has 0 spiro atoms. The first-order chi connectivity index (χ1) is 13.7. The highest BCUT2D eigenvalue weighted by atomic mass is 16.4. The van der Waals surface area contributed by atoms with E-state index in [-0.39, 0.29) is 11.5 Å². The summed E-state index contributed by atoms with van der Waals surface area (Å²) in [5, 5.41) is 0.743. The number of benzene rings is 1. The number of allylic oxidation sites excluding steroid dienone is 2. The van der Waals surface area contributed by atoms with Crippen LogP contribution in [0.2, 0.25) is 0 Å². The molecule has 0 saturated carbocycles. The molecule has 0 radical (unpaired) electrons. The second-order valence-electron chi connectivity index (χ2n) is 7.18. The Morgan fingerprint density at radius 1 is 1.18 bits per heavy atom. The van der Waals surface area contributed by atoms with E-state index in [0.29, 0.717) is 24.6 Å². The molecule has 0 bridgehead atoms. The molecule has 0 fully saturated rings. The summed E-state index contributed by atoms with van der Waals surface area (Å²) in [7, 11) is 0. The predicted molar refractivity (Wildman–Crippen MR) is 108 cm³/mol. The number of carbonyl (C=O) groups excluding carboxylic acids is 1. The van der Waals surface area contributed by atoms with E-state index in [1.54, 1.807) is 35.5 Å². The average Bonchev–Trinajstić information content (AvgIpc) is 2.74. The summed E-state index contributed by atoms with van der Waals surface area (Å²) in [6.45, 7) is 1.02. The van der Waals surface area contributed by atoms with Crippen LogP contribution in [0.5, 0.6) is 0 Å². The van der Waals surface area contributed by atoms with Gasteiger partial charge in [-0.15, -0.1) is 0 Å². The van der Waals surface area contributed by atoms with Crippen LogP contribution < -0.4 is 5.63 Å². The average molecular weight is 374 g/mol. The number of nitrogens with zero attached hydrogens (tertiary/aromatic N) is 2. The molecule has 2 aromatic heterocycles. The Morgan fingerprint density at radius 2 is 2.07 bits per heavy atom. The lowest BCUT2D eigenvalue weighted by Crippen LogP contribution is -2.37. The maximum absolute atomic E-state index is 13.3. The van der Waals surface area contributed by atoms with E-state index in [0.717, 1.165) is 30.2 Å². The van der Waals surface area contributed by atoms with Gasteiger partial charge >= 0.3 is 5.63 Å². The summed E-state index contributed by atoms with van der Waals surface area (Å²) in [5.41, 5.74) is 0.907. The van der Waals surface area contributed by atoms with E-state index >= 15 is 0 Å². The Hall–Kier alpha value is -3.21. The largest absolute Gasteiger partial charge is 0.422 e. The topological polar surface area (TPSA) is 63.4 Å². The molecule has 0 unspecified atom stereocenters. The van der Waals surface area contributed by atoms with Gasteiger partial charge in [0.05, 0.1) is 0 Å². The first-order valence-electron chi connectivity index (χ1n) is 9.57. The maximum atomic E-state index is 13.3. The summed E-state index contributed by atoms with van der Waals surface area (Å²) in [5.74, 6) is 0.0935. The Labute approximate surface area is 163 Å². The number of carbonyl (C=O) groups is 1. The maximum Gasteiger partial charge on any atom is 0.349 e. The van der Waals surface area contributed by atoms with E-state index in [1.807, 2.05) is 24.3 Å². The molecule has 1 aromatic carbocycles. The molecule has 4 rings (SSSR count). The third kappa shape index (κ3) is 4.03. The minimum atomic E-state index is -0.594. The molecule has 1 amide bonds. The fraction of sp³-hybridized carbons (Fsp3) is 0.261. The molecule has 5 heteroatoms. The zero-order chi connectivity index (χ0) is 19.3. The minimum Gasteiger partial charge on any atom is -0.422 e. The number of hydrogen-bond donors (Lipinski definition) is 0. The van der Waals surface area contributed by atoms with Crippen molar-refractivity contribution in [3.05, 3.63) is 88.6 Å². The lowest BCUT2D eigenvalue weighted by Gasteiger charge is -2.28. The van der Waals surface area contributed by atoms with Crippen LogP contribution in [0.3, 0.4) is 0 Å². The lowest BCUT2D eigenvalue weighted by molar-refractivity contribution is 0.0706. The first kappa shape index (κ1) is 18.2. The van der Waals surface area contributed by atoms with Crippen LogP contribution in [0.4, 0.5) is 0 Å². The normalized spacial score (nSPS) is 16.2. The van der Waals surface area contributed by atoms with E-state index in [9.17, 15) is 9.59 Å². The van der Waals surface area contributed by atoms with E-state index in [1.165, 1.54) is 0 Å². The predicted octanol–water partition coefficient (Wildman–Crippen LogP) is 4.19. The van der Waals surface area contributed by atoms with Gasteiger partial charge in [-0.25, -0.2) is 4.79 Å². The van der Waals surface area contributed by atoms with Gasteiger partial charge in [0.25, 0.3) is 5.91 Å². The van der Waals surface area contributed by atoms with Crippen molar-refractivity contribution in [2.75, 3.05) is 6.54 Å². The molecule has 3 aromatic rings. The van der Waals surface area contributed by atoms with Gasteiger partial charge in [-0.2, -0.15) is 0 Å². The SMILES string of the molecule is O=C(c1cc2ccccc2oc1=O)N(Cc1cccnc1)C[C@@H]1CC=CCC1. The van der Waals surface area contributed by atoms with Gasteiger partial charge in [-0.3, -0.25) is 9.78 Å². The molecule has 2 heterocycles. The van der Waals surface area contributed by atoms with Crippen LogP contribution in [-0.4, -0.2) is 22.3 Å². The highest BCUT2D eigenvalue weighted by molar-refractivity contribution is 5.96. The van der Waals surface area contributed by atoms with E-state index in [4.69, 9.17) is 4.42 Å². The number of amides is 1. The van der Waals surface area contributed by atoms with Crippen LogP contribution in [0.1, 0.15) is 35.2 Å². The minimum absolute atomic E-state index is 0.0777. The van der Waals surface area contributed by atoms with Gasteiger partial charge in [0.15, 0.2) is 0 Å². The number of rotatable bonds is 5. The van der Waals surface area contributed by atoms with E-state index < -0.39 is 5.63 Å². The summed E-state index contributed by atoms with van der Waals surface area (Å²) >= 11 is 0. The highest BCUT2D eigenvalue weighted by Gasteiger charge is 2.24. The van der Waals surface area contributed by atoms with Gasteiger partial charge < -0.3 is 9.32 Å². The van der Waals surface area contributed by atoms with Gasteiger partial charge in [0.1, 0.15) is 11.1 Å². The van der Waals surface area contributed by atoms with Crippen molar-refractivity contribution in [1.29, 1.82) is 0 Å². The quantitative estimate of drug-likeness (QED) is 0.496. The Balaban J connectivity index is 1.66. The van der Waals surface area contributed by atoms with Crippen LogP contribution in [-0.2, 0) is 6.54 Å². The van der Waals surface area contributed by atoms with Crippen LogP contribution in [0, 0.1) is 5.92 Å². The van der Waals surface area contributed by atoms with Crippen molar-refractivity contribution >= 4 is 16.9 Å². The summed E-state index contributed by atoms with van der Waals surface area (Å²) in [6, 6.07) is 12.7. The summed E-state index contributed by atoms with van der Waals surface area (Å²) in [4.78, 5) is 31.7. The molecule has 5 nitrogen and oxygen atoms in total. The Bertz CT molecular complexity index is 1060. The number of aromatic nitrogens is 1.